The maximum Gasteiger partial charge on any atom is 0.326 e. The second-order valence-electron chi connectivity index (χ2n) is 6.02. The van der Waals surface area contributed by atoms with Crippen LogP contribution in [-0.2, 0) is 14.8 Å². The fourth-order valence-electron chi connectivity index (χ4n) is 2.72. The largest absolute Gasteiger partial charge is 0.480 e. The van der Waals surface area contributed by atoms with E-state index in [1.165, 1.54) is 22.6 Å². The Kier molecular flexibility index (Phi) is 6.56. The minimum Gasteiger partial charge on any atom is -0.480 e. The lowest BCUT2D eigenvalue weighted by Crippen LogP contribution is -2.35. The van der Waals surface area contributed by atoms with E-state index < -0.39 is 22.0 Å². The Labute approximate surface area is 143 Å². The molecule has 0 saturated carbocycles. The number of pyridine rings is 1. The Morgan fingerprint density at radius 2 is 2.04 bits per heavy atom. The van der Waals surface area contributed by atoms with Crippen LogP contribution in [0.3, 0.4) is 0 Å². The number of carboxylic acid groups (broad SMARTS) is 1. The number of anilines is 1. The van der Waals surface area contributed by atoms with Crippen LogP contribution in [0.25, 0.3) is 0 Å². The maximum absolute atomic E-state index is 12.5. The van der Waals surface area contributed by atoms with Gasteiger partial charge < -0.3 is 10.4 Å². The predicted molar refractivity (Wildman–Crippen MR) is 91.4 cm³/mol. The van der Waals surface area contributed by atoms with Crippen molar-refractivity contribution in [2.75, 3.05) is 18.4 Å². The Bertz CT molecular complexity index is 640. The van der Waals surface area contributed by atoms with Crippen molar-refractivity contribution in [2.45, 2.75) is 56.4 Å². The molecule has 1 aliphatic heterocycles. The summed E-state index contributed by atoms with van der Waals surface area (Å²) in [7, 11) is -3.51. The van der Waals surface area contributed by atoms with Crippen LogP contribution < -0.4 is 5.32 Å². The molecule has 0 amide bonds. The zero-order valence-electron chi connectivity index (χ0n) is 13.9. The van der Waals surface area contributed by atoms with Crippen molar-refractivity contribution in [3.63, 3.8) is 0 Å². The first-order valence-electron chi connectivity index (χ1n) is 8.40. The van der Waals surface area contributed by atoms with E-state index >= 15 is 0 Å². The third-order valence-corrected chi connectivity index (χ3v) is 6.04. The Morgan fingerprint density at radius 3 is 2.58 bits per heavy atom. The number of rotatable bonds is 8. The zero-order valence-corrected chi connectivity index (χ0v) is 14.8. The van der Waals surface area contributed by atoms with Gasteiger partial charge in [0.05, 0.1) is 0 Å². The highest BCUT2D eigenvalue weighted by Crippen LogP contribution is 2.21. The number of piperidine rings is 1. The summed E-state index contributed by atoms with van der Waals surface area (Å²) in [4.78, 5) is 15.5. The quantitative estimate of drug-likeness (QED) is 0.742. The zero-order chi connectivity index (χ0) is 17.6. The van der Waals surface area contributed by atoms with E-state index in [1.807, 2.05) is 6.92 Å². The van der Waals surface area contributed by atoms with Crippen LogP contribution in [0.4, 0.5) is 5.82 Å². The molecule has 0 unspecified atom stereocenters. The number of unbranched alkanes of at least 4 members (excludes halogenated alkanes) is 1. The van der Waals surface area contributed by atoms with Gasteiger partial charge in [-0.05, 0) is 31.4 Å². The fraction of sp³-hybridized carbons (Fsp3) is 0.625. The highest BCUT2D eigenvalue weighted by molar-refractivity contribution is 7.89. The molecule has 8 heteroatoms. The molecular formula is C16H25N3O4S. The average molecular weight is 355 g/mol. The van der Waals surface area contributed by atoms with Crippen molar-refractivity contribution in [3.05, 3.63) is 18.3 Å². The Balaban J connectivity index is 2.07. The van der Waals surface area contributed by atoms with Gasteiger partial charge in [0, 0.05) is 19.3 Å². The number of nitrogens with one attached hydrogen (secondary N) is 1. The summed E-state index contributed by atoms with van der Waals surface area (Å²) in [6.45, 7) is 3.08. The number of nitrogens with zero attached hydrogens (tertiary/aromatic N) is 2. The number of hydrogen-bond acceptors (Lipinski definition) is 5. The van der Waals surface area contributed by atoms with Crippen molar-refractivity contribution in [3.8, 4) is 0 Å². The van der Waals surface area contributed by atoms with Gasteiger partial charge in [-0.1, -0.05) is 26.2 Å². The van der Waals surface area contributed by atoms with Crippen molar-refractivity contribution in [1.82, 2.24) is 9.29 Å². The van der Waals surface area contributed by atoms with Gasteiger partial charge in [0.2, 0.25) is 10.0 Å². The maximum atomic E-state index is 12.5. The van der Waals surface area contributed by atoms with Gasteiger partial charge >= 0.3 is 5.97 Å². The molecule has 2 N–H and O–H groups in total. The van der Waals surface area contributed by atoms with Crippen LogP contribution in [0, 0.1) is 0 Å². The average Bonchev–Trinajstić information content (AvgIpc) is 2.59. The number of aliphatic carboxylic acids is 1. The fourth-order valence-corrected chi connectivity index (χ4v) is 4.18. The highest BCUT2D eigenvalue weighted by Gasteiger charge is 2.26. The van der Waals surface area contributed by atoms with Gasteiger partial charge in [0.1, 0.15) is 16.8 Å². The third-order valence-electron chi connectivity index (χ3n) is 4.16. The van der Waals surface area contributed by atoms with Crippen molar-refractivity contribution in [1.29, 1.82) is 0 Å². The van der Waals surface area contributed by atoms with E-state index in [9.17, 15) is 18.3 Å². The number of sulfonamides is 1. The number of aromatic nitrogens is 1. The number of carbonyl (C=O) groups is 1. The summed E-state index contributed by atoms with van der Waals surface area (Å²) in [6, 6.07) is 2.29. The topological polar surface area (TPSA) is 99.6 Å². The van der Waals surface area contributed by atoms with Crippen LogP contribution >= 0.6 is 0 Å². The molecule has 0 aromatic carbocycles. The summed E-state index contributed by atoms with van der Waals surface area (Å²) < 4.78 is 26.6. The summed E-state index contributed by atoms with van der Waals surface area (Å²) >= 11 is 0. The number of carboxylic acids is 1. The summed E-state index contributed by atoms with van der Waals surface area (Å²) in [5.74, 6) is -0.564. The normalized spacial score (nSPS) is 17.4. The van der Waals surface area contributed by atoms with Crippen LogP contribution in [0.15, 0.2) is 23.2 Å². The molecule has 1 aromatic heterocycles. The molecule has 1 aliphatic rings. The van der Waals surface area contributed by atoms with Gasteiger partial charge in [-0.15, -0.1) is 0 Å². The predicted octanol–water partition coefficient (Wildman–Crippen LogP) is 2.31. The molecule has 24 heavy (non-hydrogen) atoms. The molecule has 1 aromatic rings. The van der Waals surface area contributed by atoms with Gasteiger partial charge in [-0.2, -0.15) is 4.31 Å². The van der Waals surface area contributed by atoms with Crippen molar-refractivity contribution >= 4 is 21.8 Å². The molecule has 0 spiro atoms. The number of hydrogen-bond donors (Lipinski definition) is 2. The van der Waals surface area contributed by atoms with E-state index in [0.29, 0.717) is 25.3 Å². The lowest BCUT2D eigenvalue weighted by atomic mass is 10.1. The lowest BCUT2D eigenvalue weighted by Gasteiger charge is -2.25. The van der Waals surface area contributed by atoms with E-state index in [2.05, 4.69) is 10.3 Å². The highest BCUT2D eigenvalue weighted by atomic mass is 32.2. The minimum atomic E-state index is -3.51. The molecule has 134 valence electrons. The molecule has 0 bridgehead atoms. The summed E-state index contributed by atoms with van der Waals surface area (Å²) in [5.41, 5.74) is 0. The van der Waals surface area contributed by atoms with Gasteiger partial charge in [-0.3, -0.25) is 0 Å². The molecule has 7 nitrogen and oxygen atoms in total. The standard InChI is InChI=1S/C16H25N3O4S/c1-2-3-7-14(16(20)21)18-15-9-8-13(12-17-15)24(22,23)19-10-5-4-6-11-19/h8-9,12,14H,2-7,10-11H2,1H3,(H,17,18)(H,20,21)/t14-/m0/s1. The third kappa shape index (κ3) is 4.67. The molecular weight excluding hydrogens is 330 g/mol. The first kappa shape index (κ1) is 18.7. The van der Waals surface area contributed by atoms with E-state index in [0.717, 1.165) is 32.1 Å². The van der Waals surface area contributed by atoms with E-state index in [4.69, 9.17) is 0 Å². The SMILES string of the molecule is CCCC[C@H](Nc1ccc(S(=O)(=O)N2CCCCC2)cn1)C(=O)O. The van der Waals surface area contributed by atoms with Crippen LogP contribution in [-0.4, -0.2) is 47.9 Å². The summed E-state index contributed by atoms with van der Waals surface area (Å²) in [6.07, 6.45) is 6.32. The molecule has 0 radical (unpaired) electrons. The first-order valence-corrected chi connectivity index (χ1v) is 9.84. The molecule has 2 heterocycles. The molecule has 1 saturated heterocycles. The molecule has 1 atom stereocenters. The van der Waals surface area contributed by atoms with Crippen LogP contribution in [0.2, 0.25) is 0 Å². The molecule has 2 rings (SSSR count). The smallest absolute Gasteiger partial charge is 0.326 e. The first-order chi connectivity index (χ1) is 11.4. The monoisotopic (exact) mass is 355 g/mol. The lowest BCUT2D eigenvalue weighted by molar-refractivity contribution is -0.138. The van der Waals surface area contributed by atoms with Gasteiger partial charge in [-0.25, -0.2) is 18.2 Å². The van der Waals surface area contributed by atoms with Gasteiger partial charge in [0.25, 0.3) is 0 Å². The van der Waals surface area contributed by atoms with E-state index in [1.54, 1.807) is 0 Å². The van der Waals surface area contributed by atoms with E-state index in [-0.39, 0.29) is 4.90 Å². The Morgan fingerprint density at radius 1 is 1.33 bits per heavy atom. The second kappa shape index (κ2) is 8.43. The second-order valence-corrected chi connectivity index (χ2v) is 7.96. The van der Waals surface area contributed by atoms with Crippen LogP contribution in [0.1, 0.15) is 45.4 Å². The molecule has 0 aliphatic carbocycles. The van der Waals surface area contributed by atoms with Gasteiger partial charge in [0.15, 0.2) is 0 Å². The Hall–Kier alpha value is -1.67. The van der Waals surface area contributed by atoms with Crippen LogP contribution in [0.5, 0.6) is 0 Å². The van der Waals surface area contributed by atoms with Crippen molar-refractivity contribution in [2.24, 2.45) is 0 Å². The minimum absolute atomic E-state index is 0.149. The summed E-state index contributed by atoms with van der Waals surface area (Å²) in [5, 5.41) is 12.1. The van der Waals surface area contributed by atoms with Crippen molar-refractivity contribution < 1.29 is 18.3 Å². The molecule has 1 fully saturated rings.